The van der Waals surface area contributed by atoms with E-state index in [2.05, 4.69) is 49.3 Å². The minimum absolute atomic E-state index is 0.542. The monoisotopic (exact) mass is 190 g/mol. The van der Waals surface area contributed by atoms with Crippen molar-refractivity contribution in [3.63, 3.8) is 0 Å². The molecular formula is C12H18N2. The number of hydrogen-bond acceptors (Lipinski definition) is 2. The van der Waals surface area contributed by atoms with E-state index >= 15 is 0 Å². The van der Waals surface area contributed by atoms with E-state index in [-0.39, 0.29) is 0 Å². The molecule has 1 aromatic rings. The fourth-order valence-corrected chi connectivity index (χ4v) is 2.17. The topological polar surface area (TPSA) is 15.3 Å². The van der Waals surface area contributed by atoms with Gasteiger partial charge in [0.25, 0.3) is 0 Å². The van der Waals surface area contributed by atoms with Gasteiger partial charge in [-0.1, -0.05) is 19.1 Å². The molecular weight excluding hydrogens is 172 g/mol. The molecule has 0 amide bonds. The predicted molar refractivity (Wildman–Crippen MR) is 62.2 cm³/mol. The molecule has 0 fully saturated rings. The normalized spacial score (nSPS) is 20.2. The summed E-state index contributed by atoms with van der Waals surface area (Å²) < 4.78 is 0. The average molecular weight is 190 g/mol. The maximum atomic E-state index is 3.57. The second-order valence-corrected chi connectivity index (χ2v) is 4.09. The van der Waals surface area contributed by atoms with Gasteiger partial charge in [-0.25, -0.2) is 0 Å². The lowest BCUT2D eigenvalue weighted by Crippen LogP contribution is -2.37. The fraction of sp³-hybridized carbons (Fsp3) is 0.500. The van der Waals surface area contributed by atoms with Crippen LogP contribution in [-0.4, -0.2) is 19.6 Å². The Labute approximate surface area is 85.9 Å². The highest BCUT2D eigenvalue weighted by Gasteiger charge is 2.19. The first-order valence-electron chi connectivity index (χ1n) is 5.32. The maximum Gasteiger partial charge on any atom is 0.0613 e. The zero-order chi connectivity index (χ0) is 10.1. The Balaban J connectivity index is 2.47. The van der Waals surface area contributed by atoms with Crippen LogP contribution in [0.5, 0.6) is 0 Å². The standard InChI is InChI=1S/C12H18N2/c1-4-10-6-5-7-11-12(10)13-9(2)8-14(11)3/h5-7,9,13H,4,8H2,1-3H3. The molecule has 14 heavy (non-hydrogen) atoms. The third-order valence-electron chi connectivity index (χ3n) is 2.86. The van der Waals surface area contributed by atoms with Crippen molar-refractivity contribution >= 4 is 11.4 Å². The van der Waals surface area contributed by atoms with Crippen molar-refractivity contribution in [2.24, 2.45) is 0 Å². The van der Waals surface area contributed by atoms with Gasteiger partial charge in [0.2, 0.25) is 0 Å². The summed E-state index contributed by atoms with van der Waals surface area (Å²) >= 11 is 0. The first-order chi connectivity index (χ1) is 6.72. The Morgan fingerprint density at radius 2 is 2.29 bits per heavy atom. The zero-order valence-corrected chi connectivity index (χ0v) is 9.17. The van der Waals surface area contributed by atoms with E-state index in [1.807, 2.05) is 0 Å². The van der Waals surface area contributed by atoms with Crippen molar-refractivity contribution in [2.45, 2.75) is 26.3 Å². The Morgan fingerprint density at radius 1 is 1.50 bits per heavy atom. The predicted octanol–water partition coefficient (Wildman–Crippen LogP) is 2.50. The minimum atomic E-state index is 0.542. The van der Waals surface area contributed by atoms with Gasteiger partial charge in [0.05, 0.1) is 11.4 Å². The molecule has 1 heterocycles. The number of nitrogens with zero attached hydrogens (tertiary/aromatic N) is 1. The Hall–Kier alpha value is -1.18. The Kier molecular flexibility index (Phi) is 2.36. The van der Waals surface area contributed by atoms with E-state index < -0.39 is 0 Å². The van der Waals surface area contributed by atoms with Crippen LogP contribution in [0.25, 0.3) is 0 Å². The second-order valence-electron chi connectivity index (χ2n) is 4.09. The van der Waals surface area contributed by atoms with Crippen molar-refractivity contribution < 1.29 is 0 Å². The quantitative estimate of drug-likeness (QED) is 0.732. The molecule has 0 bridgehead atoms. The number of fused-ring (bicyclic) bond motifs is 1. The van der Waals surface area contributed by atoms with Crippen LogP contribution in [-0.2, 0) is 6.42 Å². The van der Waals surface area contributed by atoms with Crippen LogP contribution >= 0.6 is 0 Å². The summed E-state index contributed by atoms with van der Waals surface area (Å²) in [5.74, 6) is 0. The summed E-state index contributed by atoms with van der Waals surface area (Å²) in [6, 6.07) is 7.08. The van der Waals surface area contributed by atoms with Gasteiger partial charge in [-0.2, -0.15) is 0 Å². The van der Waals surface area contributed by atoms with Crippen LogP contribution in [0.15, 0.2) is 18.2 Å². The lowest BCUT2D eigenvalue weighted by Gasteiger charge is -2.34. The van der Waals surface area contributed by atoms with Gasteiger partial charge in [-0.05, 0) is 25.0 Å². The summed E-state index contributed by atoms with van der Waals surface area (Å²) in [6.45, 7) is 5.52. The number of para-hydroxylation sites is 1. The van der Waals surface area contributed by atoms with Crippen molar-refractivity contribution in [3.8, 4) is 0 Å². The number of anilines is 2. The summed E-state index contributed by atoms with van der Waals surface area (Å²) in [7, 11) is 2.16. The third kappa shape index (κ3) is 1.45. The minimum Gasteiger partial charge on any atom is -0.379 e. The fourth-order valence-electron chi connectivity index (χ4n) is 2.17. The van der Waals surface area contributed by atoms with E-state index in [0.717, 1.165) is 13.0 Å². The van der Waals surface area contributed by atoms with E-state index in [0.29, 0.717) is 6.04 Å². The molecule has 2 heteroatoms. The number of rotatable bonds is 1. The molecule has 1 aliphatic heterocycles. The van der Waals surface area contributed by atoms with Gasteiger partial charge < -0.3 is 10.2 Å². The molecule has 0 saturated heterocycles. The molecule has 0 radical (unpaired) electrons. The van der Waals surface area contributed by atoms with E-state index in [1.165, 1.54) is 16.9 Å². The van der Waals surface area contributed by atoms with Crippen LogP contribution in [0.4, 0.5) is 11.4 Å². The van der Waals surface area contributed by atoms with Gasteiger partial charge >= 0.3 is 0 Å². The van der Waals surface area contributed by atoms with Gasteiger partial charge in [-0.15, -0.1) is 0 Å². The van der Waals surface area contributed by atoms with Crippen LogP contribution < -0.4 is 10.2 Å². The lowest BCUT2D eigenvalue weighted by molar-refractivity contribution is 0.735. The highest BCUT2D eigenvalue weighted by molar-refractivity contribution is 5.75. The summed E-state index contributed by atoms with van der Waals surface area (Å²) in [5, 5.41) is 3.57. The van der Waals surface area contributed by atoms with Crippen molar-refractivity contribution in [2.75, 3.05) is 23.8 Å². The number of benzene rings is 1. The largest absolute Gasteiger partial charge is 0.379 e. The average Bonchev–Trinajstić information content (AvgIpc) is 2.17. The molecule has 1 aromatic carbocycles. The molecule has 2 nitrogen and oxygen atoms in total. The maximum absolute atomic E-state index is 3.57. The molecule has 0 aliphatic carbocycles. The highest BCUT2D eigenvalue weighted by atomic mass is 15.2. The molecule has 0 aromatic heterocycles. The molecule has 2 rings (SSSR count). The molecule has 76 valence electrons. The number of likely N-dealkylation sites (N-methyl/N-ethyl adjacent to an activating group) is 1. The first kappa shape index (κ1) is 9.38. The van der Waals surface area contributed by atoms with Crippen molar-refractivity contribution in [1.82, 2.24) is 0 Å². The molecule has 1 aliphatic rings. The van der Waals surface area contributed by atoms with Crippen LogP contribution in [0.1, 0.15) is 19.4 Å². The van der Waals surface area contributed by atoms with E-state index in [4.69, 9.17) is 0 Å². The number of aryl methyl sites for hydroxylation is 1. The van der Waals surface area contributed by atoms with Crippen LogP contribution in [0, 0.1) is 0 Å². The summed E-state index contributed by atoms with van der Waals surface area (Å²) in [4.78, 5) is 2.33. The Morgan fingerprint density at radius 3 is 3.00 bits per heavy atom. The van der Waals surface area contributed by atoms with Crippen LogP contribution in [0.3, 0.4) is 0 Å². The van der Waals surface area contributed by atoms with E-state index in [1.54, 1.807) is 0 Å². The summed E-state index contributed by atoms with van der Waals surface area (Å²) in [6.07, 6.45) is 1.09. The molecule has 1 atom stereocenters. The third-order valence-corrected chi connectivity index (χ3v) is 2.86. The smallest absolute Gasteiger partial charge is 0.0613 e. The lowest BCUT2D eigenvalue weighted by atomic mass is 10.0. The number of hydrogen-bond donors (Lipinski definition) is 1. The zero-order valence-electron chi connectivity index (χ0n) is 9.17. The molecule has 1 unspecified atom stereocenters. The van der Waals surface area contributed by atoms with Gasteiger partial charge in [0, 0.05) is 19.6 Å². The SMILES string of the molecule is CCc1cccc2c1NC(C)CN2C. The van der Waals surface area contributed by atoms with Crippen LogP contribution in [0.2, 0.25) is 0 Å². The molecule has 1 N–H and O–H groups in total. The second kappa shape index (κ2) is 3.52. The molecule has 0 saturated carbocycles. The van der Waals surface area contributed by atoms with Crippen molar-refractivity contribution in [1.29, 1.82) is 0 Å². The summed E-state index contributed by atoms with van der Waals surface area (Å²) in [5.41, 5.74) is 4.08. The highest BCUT2D eigenvalue weighted by Crippen LogP contribution is 2.33. The Bertz CT molecular complexity index is 333. The van der Waals surface area contributed by atoms with Gasteiger partial charge in [0.15, 0.2) is 0 Å². The van der Waals surface area contributed by atoms with Crippen molar-refractivity contribution in [3.05, 3.63) is 23.8 Å². The number of nitrogens with one attached hydrogen (secondary N) is 1. The first-order valence-corrected chi connectivity index (χ1v) is 5.32. The van der Waals surface area contributed by atoms with Gasteiger partial charge in [-0.3, -0.25) is 0 Å². The van der Waals surface area contributed by atoms with Gasteiger partial charge in [0.1, 0.15) is 0 Å². The van der Waals surface area contributed by atoms with E-state index in [9.17, 15) is 0 Å². The molecule has 0 spiro atoms.